The van der Waals surface area contributed by atoms with E-state index >= 15 is 0 Å². The molecule has 0 atom stereocenters. The van der Waals surface area contributed by atoms with Crippen molar-refractivity contribution in [1.82, 2.24) is 0 Å². The average Bonchev–Trinajstić information content (AvgIpc) is 0.918. The summed E-state index contributed by atoms with van der Waals surface area (Å²) in [7, 11) is 1.13. The number of rotatable bonds is 0. The minimum absolute atomic E-state index is 0. The largest absolute Gasteiger partial charge is 0.112 e. The molecular weight excluding hydrogens is 100.0 g/mol. The summed E-state index contributed by atoms with van der Waals surface area (Å²) in [5.74, 6) is 0. The molecule has 4 heavy (non-hydrogen) atoms. The quantitative estimate of drug-likeness (QED) is 0.365. The van der Waals surface area contributed by atoms with Crippen molar-refractivity contribution < 1.29 is 21.7 Å². The van der Waals surface area contributed by atoms with Crippen LogP contribution < -0.4 is 0 Å². The Labute approximate surface area is 44.6 Å². The summed E-state index contributed by atoms with van der Waals surface area (Å²) in [6, 6.07) is 0. The smallest absolute Gasteiger partial charge is 0.0283 e. The average molecular weight is 106 g/mol. The van der Waals surface area contributed by atoms with Crippen LogP contribution in [-0.4, -0.2) is 10.2 Å². The molecular formula is C2H6SiTi. The maximum atomic E-state index is 3.42. The summed E-state index contributed by atoms with van der Waals surface area (Å²) in [4.78, 5) is 0. The molecule has 22 valence electrons. The van der Waals surface area contributed by atoms with Gasteiger partial charge in [0.1, 0.15) is 0 Å². The first kappa shape index (κ1) is 8.82. The fraction of sp³-hybridized carbons (Fsp3) is 0. The number of hydrogen-bond donors (Lipinski definition) is 0. The second-order valence-corrected chi connectivity index (χ2v) is 1.22. The van der Waals surface area contributed by atoms with Crippen LogP contribution in [0.3, 0.4) is 0 Å². The van der Waals surface area contributed by atoms with Gasteiger partial charge in [-0.25, -0.2) is 0 Å². The Morgan fingerprint density at radius 3 is 1.75 bits per heavy atom. The summed E-state index contributed by atoms with van der Waals surface area (Å²) in [5, 5.41) is 0. The third kappa shape index (κ3) is 16.6. The van der Waals surface area contributed by atoms with E-state index < -0.39 is 0 Å². The van der Waals surface area contributed by atoms with Gasteiger partial charge in [0.05, 0.1) is 0 Å². The SMILES string of the molecule is C=C[SiH3].[Ti]. The summed E-state index contributed by atoms with van der Waals surface area (Å²) >= 11 is 0. The third-order valence-electron chi connectivity index (χ3n) is 0. The first-order chi connectivity index (χ1) is 1.41. The van der Waals surface area contributed by atoms with Crippen molar-refractivity contribution in [2.24, 2.45) is 0 Å². The van der Waals surface area contributed by atoms with E-state index in [1.807, 2.05) is 5.70 Å². The molecule has 0 saturated heterocycles. The molecule has 0 aliphatic heterocycles. The molecule has 0 saturated carbocycles. The van der Waals surface area contributed by atoms with Crippen molar-refractivity contribution in [1.29, 1.82) is 0 Å². The van der Waals surface area contributed by atoms with Gasteiger partial charge in [0, 0.05) is 32.0 Å². The van der Waals surface area contributed by atoms with Crippen LogP contribution in [0.15, 0.2) is 12.3 Å². The van der Waals surface area contributed by atoms with E-state index in [2.05, 4.69) is 6.58 Å². The number of hydrogen-bond acceptors (Lipinski definition) is 0. The van der Waals surface area contributed by atoms with Crippen LogP contribution in [0.4, 0.5) is 0 Å². The molecule has 0 nitrogen and oxygen atoms in total. The molecule has 0 rings (SSSR count). The van der Waals surface area contributed by atoms with Gasteiger partial charge in [-0.1, -0.05) is 0 Å². The molecule has 0 unspecified atom stereocenters. The normalized spacial score (nSPS) is 4.00. The summed E-state index contributed by atoms with van der Waals surface area (Å²) in [6.07, 6.45) is 0. The van der Waals surface area contributed by atoms with Crippen molar-refractivity contribution >= 4 is 10.2 Å². The predicted molar refractivity (Wildman–Crippen MR) is 20.1 cm³/mol. The van der Waals surface area contributed by atoms with Gasteiger partial charge >= 0.3 is 0 Å². The van der Waals surface area contributed by atoms with Crippen molar-refractivity contribution in [2.75, 3.05) is 0 Å². The summed E-state index contributed by atoms with van der Waals surface area (Å²) in [5.41, 5.74) is 1.89. The van der Waals surface area contributed by atoms with Crippen LogP contribution in [0, 0.1) is 0 Å². The minimum Gasteiger partial charge on any atom is -0.112 e. The molecule has 0 fully saturated rings. The molecule has 0 aliphatic carbocycles. The van der Waals surface area contributed by atoms with E-state index in [0.29, 0.717) is 0 Å². The van der Waals surface area contributed by atoms with Crippen molar-refractivity contribution in [3.05, 3.63) is 12.3 Å². The molecule has 0 heterocycles. The van der Waals surface area contributed by atoms with Crippen LogP contribution in [0.5, 0.6) is 0 Å². The van der Waals surface area contributed by atoms with Gasteiger partial charge in [0.25, 0.3) is 0 Å². The first-order valence-electron chi connectivity index (χ1n) is 0.986. The van der Waals surface area contributed by atoms with Crippen LogP contribution in [0.2, 0.25) is 0 Å². The monoisotopic (exact) mass is 106 g/mol. The van der Waals surface area contributed by atoms with E-state index in [1.54, 1.807) is 0 Å². The molecule has 0 amide bonds. The molecule has 0 spiro atoms. The topological polar surface area (TPSA) is 0 Å². The Hall–Kier alpha value is 0.671. The summed E-state index contributed by atoms with van der Waals surface area (Å²) < 4.78 is 0. The van der Waals surface area contributed by atoms with E-state index in [0.717, 1.165) is 10.2 Å². The second kappa shape index (κ2) is 9.38. The van der Waals surface area contributed by atoms with Crippen LogP contribution >= 0.6 is 0 Å². The van der Waals surface area contributed by atoms with Crippen LogP contribution in [0.1, 0.15) is 0 Å². The van der Waals surface area contributed by atoms with Gasteiger partial charge in [-0.2, -0.15) is 0 Å². The van der Waals surface area contributed by atoms with Crippen molar-refractivity contribution in [2.45, 2.75) is 0 Å². The third-order valence-corrected chi connectivity index (χ3v) is 0. The van der Waals surface area contributed by atoms with Crippen molar-refractivity contribution in [3.63, 3.8) is 0 Å². The second-order valence-electron chi connectivity index (χ2n) is 0.408. The molecule has 0 bridgehead atoms. The first-order valence-corrected chi connectivity index (χ1v) is 2.14. The maximum Gasteiger partial charge on any atom is 0.0283 e. The van der Waals surface area contributed by atoms with Crippen molar-refractivity contribution in [3.8, 4) is 0 Å². The standard InChI is InChI=1S/C2H6Si.Ti/c1-2-3;/h2H,1H2,3H3;. The van der Waals surface area contributed by atoms with E-state index in [9.17, 15) is 0 Å². The van der Waals surface area contributed by atoms with Gasteiger partial charge in [-0.3, -0.25) is 0 Å². The maximum absolute atomic E-state index is 3.42. The fourth-order valence-corrected chi connectivity index (χ4v) is 0. The molecule has 0 aromatic carbocycles. The molecule has 0 aliphatic rings. The fourth-order valence-electron chi connectivity index (χ4n) is 0. The van der Waals surface area contributed by atoms with E-state index in [-0.39, 0.29) is 21.7 Å². The van der Waals surface area contributed by atoms with E-state index in [1.165, 1.54) is 0 Å². The Bertz CT molecular complexity index is 13.5. The predicted octanol–water partition coefficient (Wildman–Crippen LogP) is -0.507. The van der Waals surface area contributed by atoms with Crippen LogP contribution in [0.25, 0.3) is 0 Å². The zero-order valence-corrected chi connectivity index (χ0v) is 6.35. The molecule has 2 heteroatoms. The van der Waals surface area contributed by atoms with Gasteiger partial charge in [-0.15, -0.1) is 12.3 Å². The molecule has 0 aromatic rings. The molecule has 0 radical (unpaired) electrons. The zero-order chi connectivity index (χ0) is 2.71. The van der Waals surface area contributed by atoms with Crippen LogP contribution in [-0.2, 0) is 21.7 Å². The minimum atomic E-state index is 0. The molecule has 0 N–H and O–H groups in total. The van der Waals surface area contributed by atoms with Gasteiger partial charge in [0.15, 0.2) is 0 Å². The Balaban J connectivity index is 0. The Kier molecular flexibility index (Phi) is 20.7. The van der Waals surface area contributed by atoms with Gasteiger partial charge in [-0.05, 0) is 0 Å². The van der Waals surface area contributed by atoms with Gasteiger partial charge in [0.2, 0.25) is 0 Å². The molecule has 0 aromatic heterocycles. The zero-order valence-electron chi connectivity index (χ0n) is 2.78. The summed E-state index contributed by atoms with van der Waals surface area (Å²) in [6.45, 7) is 3.42. The Morgan fingerprint density at radius 1 is 1.75 bits per heavy atom. The van der Waals surface area contributed by atoms with E-state index in [4.69, 9.17) is 0 Å². The van der Waals surface area contributed by atoms with Gasteiger partial charge < -0.3 is 0 Å². The Morgan fingerprint density at radius 2 is 1.75 bits per heavy atom.